The molecule has 7 heteroatoms. The Hall–Kier alpha value is -1.63. The SMILES string of the molecule is CCCOc1nc(NN)nc(OC2CC(C)CC(C)C2)n1. The Labute approximate surface area is 125 Å². The number of hydrogen-bond donors (Lipinski definition) is 2. The highest BCUT2D eigenvalue weighted by Crippen LogP contribution is 2.30. The normalized spacial score (nSPS) is 25.4. The van der Waals surface area contributed by atoms with Gasteiger partial charge >= 0.3 is 12.0 Å². The Balaban J connectivity index is 2.07. The van der Waals surface area contributed by atoms with Gasteiger partial charge in [-0.25, -0.2) is 5.84 Å². The van der Waals surface area contributed by atoms with Gasteiger partial charge in [-0.3, -0.25) is 5.43 Å². The third-order valence-corrected chi connectivity index (χ3v) is 3.57. The lowest BCUT2D eigenvalue weighted by Gasteiger charge is -2.30. The maximum absolute atomic E-state index is 5.92. The molecule has 2 rings (SSSR count). The zero-order valence-corrected chi connectivity index (χ0v) is 13.0. The number of nitrogens with zero attached hydrogens (tertiary/aromatic N) is 3. The van der Waals surface area contributed by atoms with Gasteiger partial charge < -0.3 is 9.47 Å². The zero-order chi connectivity index (χ0) is 15.2. The lowest BCUT2D eigenvalue weighted by Crippen LogP contribution is -2.29. The first-order chi connectivity index (χ1) is 10.1. The van der Waals surface area contributed by atoms with E-state index in [1.807, 2.05) is 6.92 Å². The maximum Gasteiger partial charge on any atom is 0.324 e. The fourth-order valence-corrected chi connectivity index (χ4v) is 2.83. The standard InChI is InChI=1S/C14H25N5O2/c1-4-5-20-13-16-12(19-15)17-14(18-13)21-11-7-9(2)6-10(3)8-11/h9-11H,4-8,15H2,1-3H3,(H,16,17,18,19). The minimum atomic E-state index is 0.135. The Morgan fingerprint density at radius 1 is 1.10 bits per heavy atom. The Kier molecular flexibility index (Phi) is 5.55. The zero-order valence-electron chi connectivity index (χ0n) is 13.0. The van der Waals surface area contributed by atoms with Crippen LogP contribution in [0, 0.1) is 11.8 Å². The summed E-state index contributed by atoms with van der Waals surface area (Å²) in [6.07, 6.45) is 4.30. The Morgan fingerprint density at radius 3 is 2.38 bits per heavy atom. The predicted molar refractivity (Wildman–Crippen MR) is 80.0 cm³/mol. The molecule has 1 heterocycles. The molecule has 1 fully saturated rings. The fraction of sp³-hybridized carbons (Fsp3) is 0.786. The monoisotopic (exact) mass is 295 g/mol. The van der Waals surface area contributed by atoms with Crippen LogP contribution in [0.4, 0.5) is 5.95 Å². The molecule has 0 radical (unpaired) electrons. The molecule has 1 aromatic heterocycles. The van der Waals surface area contributed by atoms with E-state index in [0.29, 0.717) is 18.4 Å². The van der Waals surface area contributed by atoms with E-state index in [2.05, 4.69) is 34.2 Å². The van der Waals surface area contributed by atoms with Crippen molar-refractivity contribution >= 4 is 5.95 Å². The number of anilines is 1. The number of rotatable bonds is 6. The van der Waals surface area contributed by atoms with Crippen molar-refractivity contribution in [1.29, 1.82) is 0 Å². The van der Waals surface area contributed by atoms with Gasteiger partial charge in [0.05, 0.1) is 6.61 Å². The van der Waals surface area contributed by atoms with Crippen molar-refractivity contribution in [3.8, 4) is 12.0 Å². The van der Waals surface area contributed by atoms with E-state index in [9.17, 15) is 0 Å². The van der Waals surface area contributed by atoms with Gasteiger partial charge in [-0.2, -0.15) is 9.97 Å². The highest BCUT2D eigenvalue weighted by atomic mass is 16.5. The number of nitrogens with one attached hydrogen (secondary N) is 1. The molecular weight excluding hydrogens is 270 g/mol. The topological polar surface area (TPSA) is 95.2 Å². The second kappa shape index (κ2) is 7.40. The summed E-state index contributed by atoms with van der Waals surface area (Å²) in [5.74, 6) is 6.94. The molecule has 1 aromatic rings. The number of ether oxygens (including phenoxy) is 2. The summed E-state index contributed by atoms with van der Waals surface area (Å²) in [6, 6.07) is 0.516. The van der Waals surface area contributed by atoms with Crippen molar-refractivity contribution in [2.45, 2.75) is 52.6 Å². The van der Waals surface area contributed by atoms with Crippen LogP contribution in [-0.2, 0) is 0 Å². The van der Waals surface area contributed by atoms with E-state index >= 15 is 0 Å². The van der Waals surface area contributed by atoms with Crippen LogP contribution in [-0.4, -0.2) is 27.7 Å². The van der Waals surface area contributed by atoms with E-state index in [1.54, 1.807) is 0 Å². The summed E-state index contributed by atoms with van der Waals surface area (Å²) in [6.45, 7) is 7.07. The van der Waals surface area contributed by atoms with E-state index in [0.717, 1.165) is 19.3 Å². The summed E-state index contributed by atoms with van der Waals surface area (Å²) < 4.78 is 11.4. The van der Waals surface area contributed by atoms with Gasteiger partial charge in [0.25, 0.3) is 0 Å². The van der Waals surface area contributed by atoms with Crippen molar-refractivity contribution in [3.05, 3.63) is 0 Å². The largest absolute Gasteiger partial charge is 0.463 e. The van der Waals surface area contributed by atoms with Crippen molar-refractivity contribution in [3.63, 3.8) is 0 Å². The highest BCUT2D eigenvalue weighted by molar-refractivity contribution is 5.25. The Morgan fingerprint density at radius 2 is 1.76 bits per heavy atom. The van der Waals surface area contributed by atoms with Gasteiger partial charge in [0.1, 0.15) is 6.10 Å². The molecule has 1 aliphatic rings. The third-order valence-electron chi connectivity index (χ3n) is 3.57. The molecule has 0 aliphatic heterocycles. The molecule has 0 amide bonds. The van der Waals surface area contributed by atoms with Crippen LogP contribution in [0.15, 0.2) is 0 Å². The van der Waals surface area contributed by atoms with Crippen LogP contribution in [0.2, 0.25) is 0 Å². The lowest BCUT2D eigenvalue weighted by molar-refractivity contribution is 0.0907. The molecule has 3 N–H and O–H groups in total. The van der Waals surface area contributed by atoms with Crippen molar-refractivity contribution in [2.24, 2.45) is 17.7 Å². The van der Waals surface area contributed by atoms with Gasteiger partial charge in [0.15, 0.2) is 0 Å². The average molecular weight is 295 g/mol. The number of aromatic nitrogens is 3. The van der Waals surface area contributed by atoms with Gasteiger partial charge in [-0.15, -0.1) is 4.98 Å². The molecule has 118 valence electrons. The van der Waals surface area contributed by atoms with Gasteiger partial charge in [0.2, 0.25) is 5.95 Å². The minimum Gasteiger partial charge on any atom is -0.463 e. The van der Waals surface area contributed by atoms with Crippen LogP contribution in [0.25, 0.3) is 0 Å². The summed E-state index contributed by atoms with van der Waals surface area (Å²) in [5, 5.41) is 0. The van der Waals surface area contributed by atoms with Crippen molar-refractivity contribution in [2.75, 3.05) is 12.0 Å². The smallest absolute Gasteiger partial charge is 0.324 e. The quantitative estimate of drug-likeness (QED) is 0.613. The van der Waals surface area contributed by atoms with E-state index < -0.39 is 0 Å². The minimum absolute atomic E-state index is 0.135. The van der Waals surface area contributed by atoms with Crippen molar-refractivity contribution in [1.82, 2.24) is 15.0 Å². The number of hydrogen-bond acceptors (Lipinski definition) is 7. The second-order valence-corrected chi connectivity index (χ2v) is 5.87. The summed E-state index contributed by atoms with van der Waals surface area (Å²) in [7, 11) is 0. The number of nitrogen functional groups attached to an aromatic ring is 1. The molecule has 2 unspecified atom stereocenters. The number of nitrogens with two attached hydrogens (primary N) is 1. The first-order valence-corrected chi connectivity index (χ1v) is 7.62. The summed E-state index contributed by atoms with van der Waals surface area (Å²) in [5.41, 5.74) is 2.42. The molecule has 21 heavy (non-hydrogen) atoms. The molecule has 0 aromatic carbocycles. The first-order valence-electron chi connectivity index (χ1n) is 7.62. The summed E-state index contributed by atoms with van der Waals surface area (Å²) >= 11 is 0. The molecular formula is C14H25N5O2. The highest BCUT2D eigenvalue weighted by Gasteiger charge is 2.26. The van der Waals surface area contributed by atoms with Gasteiger partial charge in [0, 0.05) is 0 Å². The summed E-state index contributed by atoms with van der Waals surface area (Å²) in [4.78, 5) is 12.4. The predicted octanol–water partition coefficient (Wildman–Crippen LogP) is 2.15. The van der Waals surface area contributed by atoms with Crippen LogP contribution >= 0.6 is 0 Å². The molecule has 0 saturated heterocycles. The molecule has 1 saturated carbocycles. The van der Waals surface area contributed by atoms with Crippen LogP contribution in [0.5, 0.6) is 12.0 Å². The van der Waals surface area contributed by atoms with Crippen LogP contribution in [0.3, 0.4) is 0 Å². The lowest BCUT2D eigenvalue weighted by atomic mass is 9.82. The van der Waals surface area contributed by atoms with Crippen LogP contribution < -0.4 is 20.7 Å². The Bertz CT molecular complexity index is 447. The van der Waals surface area contributed by atoms with Crippen LogP contribution in [0.1, 0.15) is 46.5 Å². The van der Waals surface area contributed by atoms with Crippen molar-refractivity contribution < 1.29 is 9.47 Å². The molecule has 0 spiro atoms. The molecule has 0 bridgehead atoms. The number of hydrazine groups is 1. The average Bonchev–Trinajstić information content (AvgIpc) is 2.43. The van der Waals surface area contributed by atoms with E-state index in [-0.39, 0.29) is 24.1 Å². The maximum atomic E-state index is 5.92. The van der Waals surface area contributed by atoms with E-state index in [4.69, 9.17) is 15.3 Å². The van der Waals surface area contributed by atoms with Gasteiger partial charge in [-0.1, -0.05) is 20.8 Å². The molecule has 2 atom stereocenters. The van der Waals surface area contributed by atoms with Gasteiger partial charge in [-0.05, 0) is 37.5 Å². The molecule has 7 nitrogen and oxygen atoms in total. The fourth-order valence-electron chi connectivity index (χ4n) is 2.83. The van der Waals surface area contributed by atoms with E-state index in [1.165, 1.54) is 6.42 Å². The molecule has 1 aliphatic carbocycles. The second-order valence-electron chi connectivity index (χ2n) is 5.87. The third kappa shape index (κ3) is 4.70. The first kappa shape index (κ1) is 15.8.